The second kappa shape index (κ2) is 3.09. The molecular formula is C7H7BrFNO. The van der Waals surface area contributed by atoms with Gasteiger partial charge in [0.15, 0.2) is 0 Å². The molecule has 0 atom stereocenters. The summed E-state index contributed by atoms with van der Waals surface area (Å²) in [6.45, 7) is 0. The van der Waals surface area contributed by atoms with Crippen molar-refractivity contribution in [3.8, 4) is 5.75 Å². The van der Waals surface area contributed by atoms with Gasteiger partial charge in [0.25, 0.3) is 0 Å². The second-order valence-electron chi connectivity index (χ2n) is 2.03. The Bertz CT molecular complexity index is 277. The molecule has 0 bridgehead atoms. The van der Waals surface area contributed by atoms with E-state index in [-0.39, 0.29) is 11.4 Å². The van der Waals surface area contributed by atoms with Gasteiger partial charge in [0, 0.05) is 13.1 Å². The Balaban J connectivity index is 3.21. The van der Waals surface area contributed by atoms with Crippen molar-refractivity contribution in [3.63, 3.8) is 0 Å². The van der Waals surface area contributed by atoms with Gasteiger partial charge in [-0.2, -0.15) is 0 Å². The fourth-order valence-corrected chi connectivity index (χ4v) is 1.04. The van der Waals surface area contributed by atoms with Gasteiger partial charge in [-0.1, -0.05) is 0 Å². The number of hydrogen-bond acceptors (Lipinski definition) is 2. The monoisotopic (exact) mass is 219 g/mol. The highest BCUT2D eigenvalue weighted by molar-refractivity contribution is 9.10. The molecule has 11 heavy (non-hydrogen) atoms. The lowest BCUT2D eigenvalue weighted by atomic mass is 10.3. The molecule has 1 aromatic rings. The Kier molecular flexibility index (Phi) is 2.34. The van der Waals surface area contributed by atoms with Crippen molar-refractivity contribution in [2.75, 3.05) is 12.4 Å². The summed E-state index contributed by atoms with van der Waals surface area (Å²) in [5, 5.41) is 11.7. The molecule has 0 saturated carbocycles. The minimum Gasteiger partial charge on any atom is -0.507 e. The first-order valence-electron chi connectivity index (χ1n) is 3.01. The molecule has 0 aliphatic heterocycles. The van der Waals surface area contributed by atoms with Crippen LogP contribution in [0, 0.1) is 5.82 Å². The first-order valence-corrected chi connectivity index (χ1v) is 3.80. The van der Waals surface area contributed by atoms with Crippen LogP contribution in [0.5, 0.6) is 5.75 Å². The molecule has 0 radical (unpaired) electrons. The zero-order valence-corrected chi connectivity index (χ0v) is 7.44. The van der Waals surface area contributed by atoms with Gasteiger partial charge in [-0.3, -0.25) is 0 Å². The SMILES string of the molecule is CNc1cc(O)c(Br)cc1F. The number of aromatic hydroxyl groups is 1. The normalized spacial score (nSPS) is 9.73. The zero-order chi connectivity index (χ0) is 8.43. The van der Waals surface area contributed by atoms with Crippen molar-refractivity contribution < 1.29 is 9.50 Å². The van der Waals surface area contributed by atoms with Crippen LogP contribution in [0.1, 0.15) is 0 Å². The van der Waals surface area contributed by atoms with E-state index in [1.165, 1.54) is 12.1 Å². The average Bonchev–Trinajstić information content (AvgIpc) is 1.97. The highest BCUT2D eigenvalue weighted by atomic mass is 79.9. The number of halogens is 2. The first-order chi connectivity index (χ1) is 5.15. The highest BCUT2D eigenvalue weighted by Gasteiger charge is 2.04. The zero-order valence-electron chi connectivity index (χ0n) is 5.86. The summed E-state index contributed by atoms with van der Waals surface area (Å²) in [6.07, 6.45) is 0. The molecule has 0 saturated heterocycles. The lowest BCUT2D eigenvalue weighted by Gasteiger charge is -2.03. The Labute approximate surface area is 72.2 Å². The molecule has 0 spiro atoms. The Morgan fingerprint density at radius 2 is 2.18 bits per heavy atom. The topological polar surface area (TPSA) is 32.3 Å². The Morgan fingerprint density at radius 1 is 1.55 bits per heavy atom. The molecule has 4 heteroatoms. The third kappa shape index (κ3) is 1.63. The van der Waals surface area contributed by atoms with E-state index >= 15 is 0 Å². The van der Waals surface area contributed by atoms with Crippen molar-refractivity contribution in [2.24, 2.45) is 0 Å². The van der Waals surface area contributed by atoms with E-state index in [0.29, 0.717) is 4.47 Å². The van der Waals surface area contributed by atoms with Crippen LogP contribution in [-0.4, -0.2) is 12.2 Å². The Morgan fingerprint density at radius 3 is 2.73 bits per heavy atom. The molecule has 0 unspecified atom stereocenters. The van der Waals surface area contributed by atoms with Gasteiger partial charge in [-0.05, 0) is 22.0 Å². The number of hydrogen-bond donors (Lipinski definition) is 2. The summed E-state index contributed by atoms with van der Waals surface area (Å²) >= 11 is 2.99. The summed E-state index contributed by atoms with van der Waals surface area (Å²) in [4.78, 5) is 0. The van der Waals surface area contributed by atoms with E-state index in [4.69, 9.17) is 5.11 Å². The molecule has 0 aliphatic rings. The fraction of sp³-hybridized carbons (Fsp3) is 0.143. The van der Waals surface area contributed by atoms with Gasteiger partial charge in [0.2, 0.25) is 0 Å². The van der Waals surface area contributed by atoms with E-state index in [1.807, 2.05) is 0 Å². The third-order valence-corrected chi connectivity index (χ3v) is 1.94. The summed E-state index contributed by atoms with van der Waals surface area (Å²) in [5.41, 5.74) is 0.283. The average molecular weight is 220 g/mol. The molecule has 0 fully saturated rings. The number of phenols is 1. The number of nitrogens with one attached hydrogen (secondary N) is 1. The summed E-state index contributed by atoms with van der Waals surface area (Å²) in [5.74, 6) is -0.368. The molecule has 2 N–H and O–H groups in total. The highest BCUT2D eigenvalue weighted by Crippen LogP contribution is 2.28. The first kappa shape index (κ1) is 8.33. The molecule has 1 aromatic carbocycles. The van der Waals surface area contributed by atoms with Crippen molar-refractivity contribution >= 4 is 21.6 Å². The van der Waals surface area contributed by atoms with Crippen LogP contribution in [0.15, 0.2) is 16.6 Å². The quantitative estimate of drug-likeness (QED) is 0.761. The van der Waals surface area contributed by atoms with Crippen LogP contribution >= 0.6 is 15.9 Å². The molecule has 0 aromatic heterocycles. The number of rotatable bonds is 1. The van der Waals surface area contributed by atoms with Crippen molar-refractivity contribution in [3.05, 3.63) is 22.4 Å². The van der Waals surface area contributed by atoms with Crippen molar-refractivity contribution in [1.29, 1.82) is 0 Å². The van der Waals surface area contributed by atoms with Crippen LogP contribution in [0.3, 0.4) is 0 Å². The van der Waals surface area contributed by atoms with Crippen LogP contribution in [0.4, 0.5) is 10.1 Å². The van der Waals surface area contributed by atoms with Gasteiger partial charge < -0.3 is 10.4 Å². The number of phenolic OH excluding ortho intramolecular Hbond substituents is 1. The molecule has 0 amide bonds. The Hall–Kier alpha value is -0.770. The standard InChI is InChI=1S/C7H7BrFNO/c1-10-6-3-7(11)4(8)2-5(6)9/h2-3,10-11H,1H3. The molecule has 0 heterocycles. The fourth-order valence-electron chi connectivity index (χ4n) is 0.729. The van der Waals surface area contributed by atoms with Crippen LogP contribution in [0.25, 0.3) is 0 Å². The molecule has 0 aliphatic carbocycles. The second-order valence-corrected chi connectivity index (χ2v) is 2.89. The van der Waals surface area contributed by atoms with E-state index in [0.717, 1.165) is 0 Å². The van der Waals surface area contributed by atoms with E-state index in [2.05, 4.69) is 21.2 Å². The van der Waals surface area contributed by atoms with E-state index < -0.39 is 5.82 Å². The smallest absolute Gasteiger partial charge is 0.147 e. The maximum Gasteiger partial charge on any atom is 0.147 e. The van der Waals surface area contributed by atoms with Gasteiger partial charge >= 0.3 is 0 Å². The van der Waals surface area contributed by atoms with Gasteiger partial charge in [-0.25, -0.2) is 4.39 Å². The number of anilines is 1. The van der Waals surface area contributed by atoms with Gasteiger partial charge in [-0.15, -0.1) is 0 Å². The van der Waals surface area contributed by atoms with E-state index in [1.54, 1.807) is 7.05 Å². The lowest BCUT2D eigenvalue weighted by molar-refractivity contribution is 0.470. The van der Waals surface area contributed by atoms with Crippen molar-refractivity contribution in [1.82, 2.24) is 0 Å². The maximum atomic E-state index is 12.8. The maximum absolute atomic E-state index is 12.8. The predicted octanol–water partition coefficient (Wildman–Crippen LogP) is 2.34. The largest absolute Gasteiger partial charge is 0.507 e. The number of benzene rings is 1. The molecule has 60 valence electrons. The predicted molar refractivity (Wildman–Crippen MR) is 45.3 cm³/mol. The summed E-state index contributed by atoms with van der Waals surface area (Å²) in [7, 11) is 1.59. The lowest BCUT2D eigenvalue weighted by Crippen LogP contribution is -1.91. The minimum atomic E-state index is -0.392. The molecular weight excluding hydrogens is 213 g/mol. The summed E-state index contributed by atoms with van der Waals surface area (Å²) in [6, 6.07) is 2.53. The van der Waals surface area contributed by atoms with E-state index in [9.17, 15) is 4.39 Å². The summed E-state index contributed by atoms with van der Waals surface area (Å²) < 4.78 is 13.2. The molecule has 2 nitrogen and oxygen atoms in total. The third-order valence-electron chi connectivity index (χ3n) is 1.31. The van der Waals surface area contributed by atoms with Crippen LogP contribution < -0.4 is 5.32 Å². The van der Waals surface area contributed by atoms with Crippen LogP contribution in [0.2, 0.25) is 0 Å². The van der Waals surface area contributed by atoms with Crippen molar-refractivity contribution in [2.45, 2.75) is 0 Å². The minimum absolute atomic E-state index is 0.0238. The molecule has 1 rings (SSSR count). The van der Waals surface area contributed by atoms with Gasteiger partial charge in [0.05, 0.1) is 10.2 Å². The van der Waals surface area contributed by atoms with Crippen LogP contribution in [-0.2, 0) is 0 Å². The van der Waals surface area contributed by atoms with Gasteiger partial charge in [0.1, 0.15) is 11.6 Å².